The summed E-state index contributed by atoms with van der Waals surface area (Å²) in [5.74, 6) is 0.533. The molecule has 0 saturated carbocycles. The summed E-state index contributed by atoms with van der Waals surface area (Å²) in [6, 6.07) is 3.39. The number of ether oxygens (including phenoxy) is 1. The Morgan fingerprint density at radius 3 is 2.38 bits per heavy atom. The van der Waals surface area contributed by atoms with Crippen LogP contribution in [0.5, 0.6) is 5.75 Å². The number of nitrogens with zero attached hydrogens (tertiary/aromatic N) is 1. The van der Waals surface area contributed by atoms with Gasteiger partial charge in [-0.1, -0.05) is 29.3 Å². The van der Waals surface area contributed by atoms with Crippen molar-refractivity contribution in [3.63, 3.8) is 0 Å². The summed E-state index contributed by atoms with van der Waals surface area (Å²) in [5, 5.41) is 10.1. The molecule has 1 atom stereocenters. The molecule has 0 aliphatic heterocycles. The standard InChI is InChI=1S/C11H15Cl2NO2/c1-14(2)8(6-15)7-4-5-9(16-3)11(13)10(7)12/h4-5,8,15H,6H2,1-3H3. The van der Waals surface area contributed by atoms with Gasteiger partial charge < -0.3 is 14.7 Å². The molecule has 1 aromatic carbocycles. The highest BCUT2D eigenvalue weighted by atomic mass is 35.5. The third-order valence-corrected chi connectivity index (χ3v) is 3.33. The topological polar surface area (TPSA) is 32.7 Å². The number of methoxy groups -OCH3 is 1. The quantitative estimate of drug-likeness (QED) is 0.907. The monoisotopic (exact) mass is 263 g/mol. The zero-order chi connectivity index (χ0) is 12.3. The lowest BCUT2D eigenvalue weighted by atomic mass is 10.1. The van der Waals surface area contributed by atoms with Crippen molar-refractivity contribution < 1.29 is 9.84 Å². The number of benzene rings is 1. The molecule has 0 radical (unpaired) electrons. The van der Waals surface area contributed by atoms with Crippen molar-refractivity contribution in [3.8, 4) is 5.75 Å². The van der Waals surface area contributed by atoms with Crippen LogP contribution in [-0.2, 0) is 0 Å². The molecule has 0 heterocycles. The van der Waals surface area contributed by atoms with E-state index in [9.17, 15) is 5.11 Å². The molecule has 5 heteroatoms. The van der Waals surface area contributed by atoms with E-state index in [1.165, 1.54) is 7.11 Å². The van der Waals surface area contributed by atoms with Crippen LogP contribution in [0.2, 0.25) is 10.0 Å². The maximum absolute atomic E-state index is 9.32. The Balaban J connectivity index is 3.20. The van der Waals surface area contributed by atoms with Gasteiger partial charge in [-0.05, 0) is 25.7 Å². The fourth-order valence-corrected chi connectivity index (χ4v) is 2.03. The molecule has 1 aromatic rings. The van der Waals surface area contributed by atoms with Crippen molar-refractivity contribution >= 4 is 23.2 Å². The Morgan fingerprint density at radius 2 is 1.94 bits per heavy atom. The van der Waals surface area contributed by atoms with Crippen LogP contribution >= 0.6 is 23.2 Å². The average molecular weight is 264 g/mol. The average Bonchev–Trinajstić information content (AvgIpc) is 2.25. The highest BCUT2D eigenvalue weighted by Crippen LogP contribution is 2.37. The van der Waals surface area contributed by atoms with Crippen molar-refractivity contribution in [1.82, 2.24) is 4.90 Å². The molecule has 0 amide bonds. The number of aliphatic hydroxyl groups excluding tert-OH is 1. The minimum atomic E-state index is -0.170. The molecule has 0 bridgehead atoms. The second-order valence-electron chi connectivity index (χ2n) is 3.65. The van der Waals surface area contributed by atoms with Crippen LogP contribution in [0.3, 0.4) is 0 Å². The van der Waals surface area contributed by atoms with E-state index in [2.05, 4.69) is 0 Å². The van der Waals surface area contributed by atoms with Gasteiger partial charge in [0.05, 0.1) is 24.8 Å². The number of aliphatic hydroxyl groups is 1. The molecule has 3 nitrogen and oxygen atoms in total. The number of hydrogen-bond donors (Lipinski definition) is 1. The van der Waals surface area contributed by atoms with Gasteiger partial charge >= 0.3 is 0 Å². The van der Waals surface area contributed by atoms with Crippen LogP contribution < -0.4 is 4.74 Å². The highest BCUT2D eigenvalue weighted by Gasteiger charge is 2.19. The van der Waals surface area contributed by atoms with Crippen LogP contribution in [0.25, 0.3) is 0 Å². The molecule has 90 valence electrons. The smallest absolute Gasteiger partial charge is 0.139 e. The fourth-order valence-electron chi connectivity index (χ4n) is 1.50. The minimum absolute atomic E-state index is 0.0185. The lowest BCUT2D eigenvalue weighted by molar-refractivity contribution is 0.171. The maximum atomic E-state index is 9.32. The second-order valence-corrected chi connectivity index (χ2v) is 4.40. The first kappa shape index (κ1) is 13.6. The molecule has 0 fully saturated rings. The molecule has 1 N–H and O–H groups in total. The van der Waals surface area contributed by atoms with Gasteiger partial charge in [-0.2, -0.15) is 0 Å². The summed E-state index contributed by atoms with van der Waals surface area (Å²) in [5.41, 5.74) is 0.792. The molecule has 0 aromatic heterocycles. The zero-order valence-corrected chi connectivity index (χ0v) is 11.0. The Labute approximate surface area is 106 Å². The Kier molecular flexibility index (Phi) is 4.87. The number of halogens is 2. The van der Waals surface area contributed by atoms with E-state index in [0.717, 1.165) is 5.56 Å². The molecule has 1 unspecified atom stereocenters. The molecule has 1 rings (SSSR count). The van der Waals surface area contributed by atoms with Gasteiger partial charge in [0, 0.05) is 0 Å². The van der Waals surface area contributed by atoms with Gasteiger partial charge in [-0.15, -0.1) is 0 Å². The molecule has 0 spiro atoms. The van der Waals surface area contributed by atoms with E-state index < -0.39 is 0 Å². The summed E-state index contributed by atoms with van der Waals surface area (Å²) >= 11 is 12.2. The maximum Gasteiger partial charge on any atom is 0.139 e. The highest BCUT2D eigenvalue weighted by molar-refractivity contribution is 6.43. The molecule has 0 aliphatic rings. The summed E-state index contributed by atoms with van der Waals surface area (Å²) < 4.78 is 5.06. The van der Waals surface area contributed by atoms with Crippen molar-refractivity contribution in [2.75, 3.05) is 27.8 Å². The van der Waals surface area contributed by atoms with Crippen molar-refractivity contribution in [3.05, 3.63) is 27.7 Å². The third kappa shape index (κ3) is 2.61. The summed E-state index contributed by atoms with van der Waals surface area (Å²) in [6.45, 7) is -0.0185. The van der Waals surface area contributed by atoms with Crippen LogP contribution in [0.4, 0.5) is 0 Å². The minimum Gasteiger partial charge on any atom is -0.495 e. The summed E-state index contributed by atoms with van der Waals surface area (Å²) in [4.78, 5) is 1.88. The predicted molar refractivity (Wildman–Crippen MR) is 66.5 cm³/mol. The van der Waals surface area contributed by atoms with Gasteiger partial charge in [-0.3, -0.25) is 0 Å². The van der Waals surface area contributed by atoms with E-state index in [1.54, 1.807) is 6.07 Å². The summed E-state index contributed by atoms with van der Waals surface area (Å²) in [7, 11) is 5.28. The van der Waals surface area contributed by atoms with Crippen LogP contribution in [-0.4, -0.2) is 37.8 Å². The van der Waals surface area contributed by atoms with Gasteiger partial charge in [0.2, 0.25) is 0 Å². The van der Waals surface area contributed by atoms with Crippen molar-refractivity contribution in [2.45, 2.75) is 6.04 Å². The number of likely N-dealkylation sites (N-methyl/N-ethyl adjacent to an activating group) is 1. The largest absolute Gasteiger partial charge is 0.495 e. The Bertz CT molecular complexity index is 369. The van der Waals surface area contributed by atoms with Gasteiger partial charge in [0.15, 0.2) is 0 Å². The van der Waals surface area contributed by atoms with E-state index in [-0.39, 0.29) is 12.6 Å². The molecular formula is C11H15Cl2NO2. The van der Waals surface area contributed by atoms with Crippen LogP contribution in [0.15, 0.2) is 12.1 Å². The molecule has 0 aliphatic carbocycles. The van der Waals surface area contributed by atoms with Crippen LogP contribution in [0.1, 0.15) is 11.6 Å². The van der Waals surface area contributed by atoms with E-state index in [1.807, 2.05) is 25.1 Å². The van der Waals surface area contributed by atoms with Crippen molar-refractivity contribution in [1.29, 1.82) is 0 Å². The Hall–Kier alpha value is -0.480. The van der Waals surface area contributed by atoms with Gasteiger partial charge in [0.1, 0.15) is 10.8 Å². The Morgan fingerprint density at radius 1 is 1.31 bits per heavy atom. The third-order valence-electron chi connectivity index (χ3n) is 2.45. The van der Waals surface area contributed by atoms with Gasteiger partial charge in [-0.25, -0.2) is 0 Å². The summed E-state index contributed by atoms with van der Waals surface area (Å²) in [6.07, 6.45) is 0. The molecular weight excluding hydrogens is 249 g/mol. The SMILES string of the molecule is COc1ccc(C(CO)N(C)C)c(Cl)c1Cl. The lowest BCUT2D eigenvalue weighted by Gasteiger charge is -2.24. The molecule has 0 saturated heterocycles. The predicted octanol–water partition coefficient (Wildman–Crippen LogP) is 2.60. The zero-order valence-electron chi connectivity index (χ0n) is 9.50. The number of rotatable bonds is 4. The first-order chi connectivity index (χ1) is 7.52. The number of hydrogen-bond acceptors (Lipinski definition) is 3. The normalized spacial score (nSPS) is 12.9. The first-order valence-corrected chi connectivity index (χ1v) is 5.57. The first-order valence-electron chi connectivity index (χ1n) is 4.82. The fraction of sp³-hybridized carbons (Fsp3) is 0.455. The lowest BCUT2D eigenvalue weighted by Crippen LogP contribution is -2.23. The van der Waals surface area contributed by atoms with Crippen LogP contribution in [0, 0.1) is 0 Å². The van der Waals surface area contributed by atoms with E-state index >= 15 is 0 Å². The second kappa shape index (κ2) is 5.73. The molecule has 16 heavy (non-hydrogen) atoms. The van der Waals surface area contributed by atoms with E-state index in [4.69, 9.17) is 27.9 Å². The van der Waals surface area contributed by atoms with E-state index in [0.29, 0.717) is 15.8 Å². The van der Waals surface area contributed by atoms with Crippen molar-refractivity contribution in [2.24, 2.45) is 0 Å². The van der Waals surface area contributed by atoms with Gasteiger partial charge in [0.25, 0.3) is 0 Å².